The van der Waals surface area contributed by atoms with Gasteiger partial charge in [-0.05, 0) is 60.3 Å². The molecule has 0 saturated heterocycles. The van der Waals surface area contributed by atoms with E-state index < -0.39 is 0 Å². The van der Waals surface area contributed by atoms with Crippen molar-refractivity contribution < 1.29 is 9.59 Å². The van der Waals surface area contributed by atoms with Crippen LogP contribution in [0.3, 0.4) is 0 Å². The molecule has 4 N–H and O–H groups in total. The second-order valence-corrected chi connectivity index (χ2v) is 8.53. The highest BCUT2D eigenvalue weighted by atomic mass is 16.1. The van der Waals surface area contributed by atoms with Crippen molar-refractivity contribution in [1.82, 2.24) is 15.3 Å². The molecule has 180 valence electrons. The molecule has 0 atom stereocenters. The van der Waals surface area contributed by atoms with Gasteiger partial charge in [0.25, 0.3) is 0 Å². The number of benzene rings is 2. The van der Waals surface area contributed by atoms with E-state index >= 15 is 0 Å². The first-order valence-corrected chi connectivity index (χ1v) is 11.4. The Morgan fingerprint density at radius 3 is 2.57 bits per heavy atom. The number of aromatic nitrogens is 2. The SMILES string of the molecule is CNC(C)C.Cc1cc(NC(=O)Cc2cccc3cnccc23)ccc1-c1cnc(N)c(C=O)c1. The minimum atomic E-state index is -0.0937. The first-order chi connectivity index (χ1) is 16.8. The van der Waals surface area contributed by atoms with E-state index in [4.69, 9.17) is 5.73 Å². The molecule has 0 aliphatic heterocycles. The Hall–Kier alpha value is -4.10. The molecule has 7 nitrogen and oxygen atoms in total. The molecule has 35 heavy (non-hydrogen) atoms. The fraction of sp³-hybridized carbons (Fsp3) is 0.214. The third kappa shape index (κ3) is 6.71. The van der Waals surface area contributed by atoms with Gasteiger partial charge >= 0.3 is 0 Å². The minimum absolute atomic E-state index is 0.0937. The predicted octanol–water partition coefficient (Wildman–Crippen LogP) is 4.80. The average molecular weight is 470 g/mol. The van der Waals surface area contributed by atoms with Crippen LogP contribution in [0, 0.1) is 6.92 Å². The Bertz CT molecular complexity index is 1330. The molecule has 0 fully saturated rings. The number of carbonyl (C=O) groups is 2. The number of pyridine rings is 2. The predicted molar refractivity (Wildman–Crippen MR) is 142 cm³/mol. The summed E-state index contributed by atoms with van der Waals surface area (Å²) in [6, 6.07) is 15.8. The summed E-state index contributed by atoms with van der Waals surface area (Å²) in [4.78, 5) is 32.0. The van der Waals surface area contributed by atoms with Crippen LogP contribution in [0.25, 0.3) is 21.9 Å². The van der Waals surface area contributed by atoms with E-state index in [1.807, 2.05) is 56.4 Å². The second-order valence-electron chi connectivity index (χ2n) is 8.53. The Balaban J connectivity index is 0.000000623. The lowest BCUT2D eigenvalue weighted by atomic mass is 10.00. The van der Waals surface area contributed by atoms with Gasteiger partial charge in [0, 0.05) is 41.3 Å². The van der Waals surface area contributed by atoms with Crippen LogP contribution in [0.4, 0.5) is 11.5 Å². The van der Waals surface area contributed by atoms with E-state index in [1.165, 1.54) is 0 Å². The zero-order chi connectivity index (χ0) is 25.4. The van der Waals surface area contributed by atoms with Gasteiger partial charge in [0.1, 0.15) is 5.82 Å². The van der Waals surface area contributed by atoms with E-state index in [2.05, 4.69) is 34.4 Å². The van der Waals surface area contributed by atoms with Crippen LogP contribution in [-0.2, 0) is 11.2 Å². The monoisotopic (exact) mass is 469 g/mol. The number of anilines is 2. The molecule has 0 unspecified atom stereocenters. The van der Waals surface area contributed by atoms with Crippen molar-refractivity contribution in [2.75, 3.05) is 18.1 Å². The normalized spacial score (nSPS) is 10.5. The van der Waals surface area contributed by atoms with Gasteiger partial charge in [0.2, 0.25) is 5.91 Å². The molecule has 0 aliphatic carbocycles. The highest BCUT2D eigenvalue weighted by Gasteiger charge is 2.10. The standard InChI is InChI=1S/C24H20N4O2.C4H11N/c1-15-9-20(5-6-21(15)18-10-19(14-29)24(25)27-13-18)28-23(30)11-16-3-2-4-17-12-26-8-7-22(16)17;1-4(2)5-3/h2-10,12-14H,11H2,1H3,(H2,25,27)(H,28,30);4-5H,1-3H3. The Morgan fingerprint density at radius 2 is 1.89 bits per heavy atom. The Labute approximate surface area is 205 Å². The molecule has 7 heteroatoms. The molecule has 0 saturated carbocycles. The summed E-state index contributed by atoms with van der Waals surface area (Å²) < 4.78 is 0. The van der Waals surface area contributed by atoms with E-state index in [0.717, 1.165) is 33.0 Å². The van der Waals surface area contributed by atoms with Crippen molar-refractivity contribution in [3.8, 4) is 11.1 Å². The minimum Gasteiger partial charge on any atom is -0.383 e. The van der Waals surface area contributed by atoms with Crippen LogP contribution >= 0.6 is 0 Å². The maximum absolute atomic E-state index is 12.6. The van der Waals surface area contributed by atoms with Crippen LogP contribution in [-0.4, -0.2) is 35.3 Å². The Morgan fingerprint density at radius 1 is 1.11 bits per heavy atom. The fourth-order valence-corrected chi connectivity index (χ4v) is 3.52. The zero-order valence-electron chi connectivity index (χ0n) is 20.5. The van der Waals surface area contributed by atoms with Gasteiger partial charge in [-0.2, -0.15) is 0 Å². The van der Waals surface area contributed by atoms with Crippen LogP contribution in [0.1, 0.15) is 35.3 Å². The number of nitrogens with two attached hydrogens (primary N) is 1. The third-order valence-electron chi connectivity index (χ3n) is 5.60. The van der Waals surface area contributed by atoms with Crippen molar-refractivity contribution in [3.05, 3.63) is 83.8 Å². The quantitative estimate of drug-likeness (QED) is 0.350. The molecule has 0 bridgehead atoms. The molecule has 0 spiro atoms. The average Bonchev–Trinajstić information content (AvgIpc) is 2.85. The summed E-state index contributed by atoms with van der Waals surface area (Å²) in [5.41, 5.74) is 10.4. The van der Waals surface area contributed by atoms with E-state index in [0.29, 0.717) is 23.6 Å². The highest BCUT2D eigenvalue weighted by molar-refractivity contribution is 5.96. The van der Waals surface area contributed by atoms with Crippen LogP contribution in [0.15, 0.2) is 67.1 Å². The summed E-state index contributed by atoms with van der Waals surface area (Å²) in [7, 11) is 1.95. The number of aryl methyl sites for hydroxylation is 1. The molecule has 2 aromatic carbocycles. The molecular weight excluding hydrogens is 438 g/mol. The topological polar surface area (TPSA) is 110 Å². The number of nitrogen functional groups attached to an aromatic ring is 1. The number of nitrogens with zero attached hydrogens (tertiary/aromatic N) is 2. The first kappa shape index (κ1) is 25.5. The highest BCUT2D eigenvalue weighted by Crippen LogP contribution is 2.27. The number of fused-ring (bicyclic) bond motifs is 1. The summed E-state index contributed by atoms with van der Waals surface area (Å²) in [6.07, 6.45) is 6.12. The molecule has 0 radical (unpaired) electrons. The van der Waals surface area contributed by atoms with Crippen molar-refractivity contribution in [2.24, 2.45) is 0 Å². The Kier molecular flexibility index (Phi) is 8.64. The third-order valence-corrected chi connectivity index (χ3v) is 5.60. The maximum atomic E-state index is 12.6. The zero-order valence-corrected chi connectivity index (χ0v) is 20.5. The molecule has 0 aliphatic rings. The van der Waals surface area contributed by atoms with Crippen molar-refractivity contribution in [3.63, 3.8) is 0 Å². The van der Waals surface area contributed by atoms with Gasteiger partial charge in [0.05, 0.1) is 12.0 Å². The molecule has 4 rings (SSSR count). The van der Waals surface area contributed by atoms with Crippen LogP contribution in [0.5, 0.6) is 0 Å². The summed E-state index contributed by atoms with van der Waals surface area (Å²) in [5.74, 6) is 0.114. The molecule has 4 aromatic rings. The van der Waals surface area contributed by atoms with Crippen molar-refractivity contribution in [1.29, 1.82) is 0 Å². The summed E-state index contributed by atoms with van der Waals surface area (Å²) in [6.45, 7) is 6.17. The maximum Gasteiger partial charge on any atom is 0.228 e. The van der Waals surface area contributed by atoms with Gasteiger partial charge in [-0.15, -0.1) is 0 Å². The lowest BCUT2D eigenvalue weighted by Crippen LogP contribution is -2.15. The molecular formula is C28H31N5O2. The van der Waals surface area contributed by atoms with Gasteiger partial charge in [-0.25, -0.2) is 4.98 Å². The first-order valence-electron chi connectivity index (χ1n) is 11.4. The number of rotatable bonds is 6. The lowest BCUT2D eigenvalue weighted by Gasteiger charge is -2.11. The molecule has 2 aromatic heterocycles. The molecule has 1 amide bonds. The van der Waals surface area contributed by atoms with E-state index in [-0.39, 0.29) is 18.1 Å². The summed E-state index contributed by atoms with van der Waals surface area (Å²) in [5, 5.41) is 8.02. The smallest absolute Gasteiger partial charge is 0.228 e. The fourth-order valence-electron chi connectivity index (χ4n) is 3.52. The number of nitrogens with one attached hydrogen (secondary N) is 2. The van der Waals surface area contributed by atoms with Crippen molar-refractivity contribution in [2.45, 2.75) is 33.2 Å². The number of aldehydes is 1. The number of amides is 1. The summed E-state index contributed by atoms with van der Waals surface area (Å²) >= 11 is 0. The van der Waals surface area contributed by atoms with Crippen molar-refractivity contribution >= 4 is 34.5 Å². The van der Waals surface area contributed by atoms with Gasteiger partial charge < -0.3 is 16.4 Å². The van der Waals surface area contributed by atoms with E-state index in [9.17, 15) is 9.59 Å². The van der Waals surface area contributed by atoms with Gasteiger partial charge in [-0.1, -0.05) is 38.1 Å². The molecule has 2 heterocycles. The van der Waals surface area contributed by atoms with Gasteiger partial charge in [-0.3, -0.25) is 14.6 Å². The van der Waals surface area contributed by atoms with Crippen LogP contribution in [0.2, 0.25) is 0 Å². The number of carbonyl (C=O) groups excluding carboxylic acids is 2. The lowest BCUT2D eigenvalue weighted by molar-refractivity contribution is -0.115. The number of hydrogen-bond donors (Lipinski definition) is 3. The largest absolute Gasteiger partial charge is 0.383 e. The van der Waals surface area contributed by atoms with Crippen LogP contribution < -0.4 is 16.4 Å². The number of hydrogen-bond acceptors (Lipinski definition) is 6. The van der Waals surface area contributed by atoms with Gasteiger partial charge in [0.15, 0.2) is 6.29 Å². The van der Waals surface area contributed by atoms with E-state index in [1.54, 1.807) is 24.7 Å². The second kappa shape index (κ2) is 11.9.